The van der Waals surface area contributed by atoms with Crippen LogP contribution >= 0.6 is 0 Å². The van der Waals surface area contributed by atoms with Crippen LogP contribution in [0.4, 0.5) is 0 Å². The van der Waals surface area contributed by atoms with Crippen LogP contribution in [0.3, 0.4) is 0 Å². The van der Waals surface area contributed by atoms with Gasteiger partial charge in [0.25, 0.3) is 0 Å². The number of hydrogen-bond acceptors (Lipinski definition) is 1. The summed E-state index contributed by atoms with van der Waals surface area (Å²) in [4.78, 5) is 4.54. The van der Waals surface area contributed by atoms with Gasteiger partial charge >= 0.3 is 0 Å². The first-order valence-corrected chi connectivity index (χ1v) is 6.94. The van der Waals surface area contributed by atoms with Crippen molar-refractivity contribution in [3.05, 3.63) is 72.1 Å². The molecule has 0 spiro atoms. The second-order valence-corrected chi connectivity index (χ2v) is 5.58. The van der Waals surface area contributed by atoms with Crippen LogP contribution in [-0.2, 0) is 5.41 Å². The lowest BCUT2D eigenvalue weighted by Gasteiger charge is -2.32. The molecule has 2 aromatic rings. The first-order valence-electron chi connectivity index (χ1n) is 6.94. The molecule has 0 aliphatic heterocycles. The normalized spacial score (nSPS) is 22.9. The number of aromatic nitrogens is 1. The average Bonchev–Trinajstić information content (AvgIpc) is 2.50. The molecule has 1 unspecified atom stereocenters. The van der Waals surface area contributed by atoms with Gasteiger partial charge in [0.1, 0.15) is 0 Å². The number of nitrogens with zero attached hydrogens (tertiary/aromatic N) is 1. The molecule has 1 heterocycles. The number of hydrogen-bond donors (Lipinski definition) is 0. The van der Waals surface area contributed by atoms with Gasteiger partial charge in [0.05, 0.1) is 0 Å². The molecule has 0 N–H and O–H groups in total. The van der Waals surface area contributed by atoms with Crippen molar-refractivity contribution in [1.29, 1.82) is 0 Å². The van der Waals surface area contributed by atoms with E-state index in [0.717, 1.165) is 12.8 Å². The average molecular weight is 249 g/mol. The van der Waals surface area contributed by atoms with E-state index < -0.39 is 0 Å². The Hall–Kier alpha value is -1.89. The van der Waals surface area contributed by atoms with Gasteiger partial charge in [-0.25, -0.2) is 0 Å². The fraction of sp³-hybridized carbons (Fsp3) is 0.278. The fourth-order valence-electron chi connectivity index (χ4n) is 2.83. The molecule has 0 radical (unpaired) electrons. The van der Waals surface area contributed by atoms with Gasteiger partial charge in [-0.1, -0.05) is 49.4 Å². The lowest BCUT2D eigenvalue weighted by atomic mass is 9.73. The fourth-order valence-corrected chi connectivity index (χ4v) is 2.83. The summed E-state index contributed by atoms with van der Waals surface area (Å²) in [6.45, 7) is 2.33. The van der Waals surface area contributed by atoms with Gasteiger partial charge in [0, 0.05) is 17.3 Å². The Morgan fingerprint density at radius 2 is 1.79 bits per heavy atom. The Labute approximate surface area is 115 Å². The Kier molecular flexibility index (Phi) is 3.20. The minimum absolute atomic E-state index is 0.194. The molecule has 1 nitrogen and oxygen atoms in total. The van der Waals surface area contributed by atoms with Crippen LogP contribution in [0.15, 0.2) is 60.8 Å². The quantitative estimate of drug-likeness (QED) is 0.757. The molecule has 1 aromatic heterocycles. The first-order chi connectivity index (χ1) is 9.28. The largest absolute Gasteiger partial charge is 0.261 e. The molecule has 96 valence electrons. The molecule has 1 aromatic carbocycles. The minimum atomic E-state index is 0.194. The van der Waals surface area contributed by atoms with E-state index in [1.807, 2.05) is 12.3 Å². The summed E-state index contributed by atoms with van der Waals surface area (Å²) in [6, 6.07) is 16.9. The third-order valence-electron chi connectivity index (χ3n) is 4.17. The maximum atomic E-state index is 4.54. The van der Waals surface area contributed by atoms with Crippen LogP contribution in [0, 0.1) is 0 Å². The SMILES string of the molecule is CC1(c2ccccn2)CC=C(c2ccccc2)CC1. The zero-order chi connectivity index (χ0) is 13.1. The molecular formula is C18H19N. The molecule has 0 saturated heterocycles. The Balaban J connectivity index is 1.84. The zero-order valence-corrected chi connectivity index (χ0v) is 11.3. The summed E-state index contributed by atoms with van der Waals surface area (Å²) < 4.78 is 0. The Morgan fingerprint density at radius 1 is 1.00 bits per heavy atom. The van der Waals surface area contributed by atoms with Gasteiger partial charge in [-0.15, -0.1) is 0 Å². The van der Waals surface area contributed by atoms with Gasteiger partial charge in [-0.2, -0.15) is 0 Å². The molecule has 0 amide bonds. The molecule has 19 heavy (non-hydrogen) atoms. The van der Waals surface area contributed by atoms with Crippen molar-refractivity contribution < 1.29 is 0 Å². The van der Waals surface area contributed by atoms with Gasteiger partial charge in [-0.3, -0.25) is 4.98 Å². The lowest BCUT2D eigenvalue weighted by Crippen LogP contribution is -2.25. The minimum Gasteiger partial charge on any atom is -0.261 e. The molecule has 1 aliphatic carbocycles. The Bertz CT molecular complexity index is 571. The van der Waals surface area contributed by atoms with Gasteiger partial charge in [-0.05, 0) is 42.5 Å². The predicted octanol–water partition coefficient (Wildman–Crippen LogP) is 4.61. The van der Waals surface area contributed by atoms with Crippen LogP contribution in [0.25, 0.3) is 5.57 Å². The maximum absolute atomic E-state index is 4.54. The van der Waals surface area contributed by atoms with Crippen molar-refractivity contribution >= 4 is 5.57 Å². The molecule has 1 heteroatoms. The molecular weight excluding hydrogens is 230 g/mol. The zero-order valence-electron chi connectivity index (χ0n) is 11.3. The van der Waals surface area contributed by atoms with Crippen LogP contribution in [0.2, 0.25) is 0 Å². The van der Waals surface area contributed by atoms with Crippen LogP contribution < -0.4 is 0 Å². The summed E-state index contributed by atoms with van der Waals surface area (Å²) >= 11 is 0. The van der Waals surface area contributed by atoms with Crippen molar-refractivity contribution in [1.82, 2.24) is 4.98 Å². The van der Waals surface area contributed by atoms with Crippen molar-refractivity contribution in [3.8, 4) is 0 Å². The van der Waals surface area contributed by atoms with Crippen molar-refractivity contribution in [2.24, 2.45) is 0 Å². The number of benzene rings is 1. The Morgan fingerprint density at radius 3 is 2.42 bits per heavy atom. The van der Waals surface area contributed by atoms with Gasteiger partial charge < -0.3 is 0 Å². The molecule has 0 bridgehead atoms. The van der Waals surface area contributed by atoms with Gasteiger partial charge in [0.15, 0.2) is 0 Å². The smallest absolute Gasteiger partial charge is 0.0465 e. The highest BCUT2D eigenvalue weighted by atomic mass is 14.7. The second-order valence-electron chi connectivity index (χ2n) is 5.58. The first kappa shape index (κ1) is 12.2. The maximum Gasteiger partial charge on any atom is 0.0465 e. The van der Waals surface area contributed by atoms with Crippen molar-refractivity contribution in [2.45, 2.75) is 31.6 Å². The third-order valence-corrected chi connectivity index (χ3v) is 4.17. The van der Waals surface area contributed by atoms with E-state index in [0.29, 0.717) is 0 Å². The second kappa shape index (κ2) is 5.00. The van der Waals surface area contributed by atoms with E-state index in [9.17, 15) is 0 Å². The topological polar surface area (TPSA) is 12.9 Å². The number of rotatable bonds is 2. The molecule has 1 aliphatic rings. The van der Waals surface area contributed by atoms with Crippen LogP contribution in [0.5, 0.6) is 0 Å². The summed E-state index contributed by atoms with van der Waals surface area (Å²) in [5.41, 5.74) is 4.26. The molecule has 3 rings (SSSR count). The molecule has 0 fully saturated rings. The van der Waals surface area contributed by atoms with Gasteiger partial charge in [0.2, 0.25) is 0 Å². The highest BCUT2D eigenvalue weighted by molar-refractivity contribution is 5.66. The van der Waals surface area contributed by atoms with Crippen LogP contribution in [0.1, 0.15) is 37.4 Å². The van der Waals surface area contributed by atoms with E-state index in [-0.39, 0.29) is 5.41 Å². The van der Waals surface area contributed by atoms with Crippen molar-refractivity contribution in [3.63, 3.8) is 0 Å². The van der Waals surface area contributed by atoms with Crippen LogP contribution in [-0.4, -0.2) is 4.98 Å². The van der Waals surface area contributed by atoms with Crippen molar-refractivity contribution in [2.75, 3.05) is 0 Å². The van der Waals surface area contributed by atoms with E-state index >= 15 is 0 Å². The summed E-state index contributed by atoms with van der Waals surface area (Å²) in [7, 11) is 0. The monoisotopic (exact) mass is 249 g/mol. The number of pyridine rings is 1. The van der Waals surface area contributed by atoms with E-state index in [2.05, 4.69) is 60.4 Å². The van der Waals surface area contributed by atoms with E-state index in [1.54, 1.807) is 0 Å². The van der Waals surface area contributed by atoms with E-state index in [4.69, 9.17) is 0 Å². The summed E-state index contributed by atoms with van der Waals surface area (Å²) in [5, 5.41) is 0. The standard InChI is InChI=1S/C18H19N/c1-18(17-9-5-6-14-19-17)12-10-16(11-13-18)15-7-3-2-4-8-15/h2-10,14H,11-13H2,1H3. The summed E-state index contributed by atoms with van der Waals surface area (Å²) in [6.07, 6.45) is 7.68. The summed E-state index contributed by atoms with van der Waals surface area (Å²) in [5.74, 6) is 0. The predicted molar refractivity (Wildman–Crippen MR) is 79.9 cm³/mol. The molecule has 1 atom stereocenters. The highest BCUT2D eigenvalue weighted by Gasteiger charge is 2.30. The van der Waals surface area contributed by atoms with E-state index in [1.165, 1.54) is 23.3 Å². The lowest BCUT2D eigenvalue weighted by molar-refractivity contribution is 0.421. The third kappa shape index (κ3) is 2.46. The number of allylic oxidation sites excluding steroid dienone is 2. The highest BCUT2D eigenvalue weighted by Crippen LogP contribution is 2.39. The molecule has 0 saturated carbocycles.